The standard InChI is InChI=1S/C18H20N6S2.Cu/c25-17(19-13-15-7-3-1-4-8-15)23-21-11-12-22-24-18(26)20-14-16-9-5-2-6-10-16;/h1-12H,13-14H2,(H2,19,23,25)(H2,20,24,26);/q;+2/p-2/b21-11+,22-12+;. The first kappa shape index (κ1) is 22.7. The molecule has 143 valence electrons. The summed E-state index contributed by atoms with van der Waals surface area (Å²) < 4.78 is 0. The predicted octanol–water partition coefficient (Wildman–Crippen LogP) is 2.34. The van der Waals surface area contributed by atoms with Gasteiger partial charge in [-0.15, -0.1) is 0 Å². The second kappa shape index (κ2) is 13.8. The summed E-state index contributed by atoms with van der Waals surface area (Å²) >= 11 is 10.1. The molecule has 0 atom stereocenters. The third-order valence-corrected chi connectivity index (χ3v) is 3.47. The van der Waals surface area contributed by atoms with E-state index in [1.165, 1.54) is 12.4 Å². The van der Waals surface area contributed by atoms with Crippen molar-refractivity contribution in [3.05, 3.63) is 71.8 Å². The number of hydrazone groups is 2. The Balaban J connectivity index is 0.00000364. The average Bonchev–Trinajstić information content (AvgIpc) is 2.69. The second-order valence-corrected chi connectivity index (χ2v) is 5.77. The van der Waals surface area contributed by atoms with E-state index in [-0.39, 0.29) is 17.1 Å². The number of hydrogen-bond donors (Lipinski definition) is 2. The van der Waals surface area contributed by atoms with Crippen molar-refractivity contribution >= 4 is 48.0 Å². The van der Waals surface area contributed by atoms with Crippen LogP contribution in [0.2, 0.25) is 0 Å². The molecule has 2 N–H and O–H groups in total. The quantitative estimate of drug-likeness (QED) is 0.225. The van der Waals surface area contributed by atoms with Gasteiger partial charge in [-0.3, -0.25) is 20.8 Å². The van der Waals surface area contributed by atoms with E-state index in [2.05, 4.69) is 31.0 Å². The first-order valence-electron chi connectivity index (χ1n) is 7.81. The normalized spacial score (nSPS) is 12.1. The predicted molar refractivity (Wildman–Crippen MR) is 113 cm³/mol. The van der Waals surface area contributed by atoms with Crippen LogP contribution in [0.5, 0.6) is 0 Å². The van der Waals surface area contributed by atoms with Crippen LogP contribution in [0.15, 0.2) is 80.9 Å². The van der Waals surface area contributed by atoms with Crippen molar-refractivity contribution in [2.45, 2.75) is 13.1 Å². The van der Waals surface area contributed by atoms with Gasteiger partial charge in [-0.1, -0.05) is 60.7 Å². The van der Waals surface area contributed by atoms with Crippen molar-refractivity contribution in [3.63, 3.8) is 0 Å². The molecule has 2 aromatic carbocycles. The van der Waals surface area contributed by atoms with E-state index < -0.39 is 0 Å². The molecule has 0 aromatic heterocycles. The summed E-state index contributed by atoms with van der Waals surface area (Å²) in [6.07, 6.45) is 2.88. The van der Waals surface area contributed by atoms with Crippen molar-refractivity contribution in [1.82, 2.24) is 10.9 Å². The van der Waals surface area contributed by atoms with Crippen molar-refractivity contribution < 1.29 is 17.1 Å². The van der Waals surface area contributed by atoms with Gasteiger partial charge >= 0.3 is 17.1 Å². The van der Waals surface area contributed by atoms with E-state index in [1.54, 1.807) is 0 Å². The summed E-state index contributed by atoms with van der Waals surface area (Å²) in [4.78, 5) is 8.41. The molecule has 0 fully saturated rings. The van der Waals surface area contributed by atoms with Gasteiger partial charge in [-0.05, 0) is 21.5 Å². The second-order valence-electron chi connectivity index (χ2n) is 4.99. The molecule has 1 radical (unpaired) electrons. The van der Waals surface area contributed by atoms with Gasteiger partial charge in [0.05, 0.1) is 25.5 Å². The minimum atomic E-state index is 0. The van der Waals surface area contributed by atoms with Crippen LogP contribution >= 0.6 is 0 Å². The maximum Gasteiger partial charge on any atom is 2.00 e. The Morgan fingerprint density at radius 1 is 0.704 bits per heavy atom. The summed E-state index contributed by atoms with van der Waals surface area (Å²) in [5.74, 6) is 0. The van der Waals surface area contributed by atoms with Crippen molar-refractivity contribution in [2.24, 2.45) is 20.2 Å². The molecular weight excluding hydrogens is 428 g/mol. The monoisotopic (exact) mass is 445 g/mol. The van der Waals surface area contributed by atoms with Gasteiger partial charge in [0.25, 0.3) is 0 Å². The van der Waals surface area contributed by atoms with Crippen LogP contribution in [0, 0.1) is 0 Å². The smallest absolute Gasteiger partial charge is 0.741 e. The molecule has 9 heteroatoms. The molecule has 0 saturated carbocycles. The Morgan fingerprint density at radius 3 is 1.44 bits per heavy atom. The van der Waals surface area contributed by atoms with Crippen molar-refractivity contribution in [3.8, 4) is 0 Å². The molecule has 2 aromatic rings. The van der Waals surface area contributed by atoms with Crippen LogP contribution in [0.4, 0.5) is 0 Å². The van der Waals surface area contributed by atoms with E-state index in [0.29, 0.717) is 23.4 Å². The van der Waals surface area contributed by atoms with E-state index in [0.717, 1.165) is 11.1 Å². The molecule has 0 bridgehead atoms. The number of aliphatic imine (C=N–C) groups is 2. The molecule has 2 rings (SSSR count). The minimum Gasteiger partial charge on any atom is -0.741 e. The van der Waals surface area contributed by atoms with Gasteiger partial charge in [-0.25, -0.2) is 0 Å². The van der Waals surface area contributed by atoms with Crippen LogP contribution in [-0.2, 0) is 55.4 Å². The topological polar surface area (TPSA) is 73.5 Å². The van der Waals surface area contributed by atoms with Crippen LogP contribution in [0.3, 0.4) is 0 Å². The summed E-state index contributed by atoms with van der Waals surface area (Å²) in [6, 6.07) is 19.7. The fourth-order valence-electron chi connectivity index (χ4n) is 1.82. The fraction of sp³-hybridized carbons (Fsp3) is 0.111. The van der Waals surface area contributed by atoms with Crippen molar-refractivity contribution in [1.29, 1.82) is 0 Å². The van der Waals surface area contributed by atoms with Gasteiger partial charge in [-0.2, -0.15) is 10.2 Å². The summed E-state index contributed by atoms with van der Waals surface area (Å²) in [6.45, 7) is 1.02. The first-order chi connectivity index (χ1) is 12.7. The number of rotatable bonds is 7. The molecule has 0 spiro atoms. The van der Waals surface area contributed by atoms with E-state index >= 15 is 0 Å². The molecule has 0 aliphatic heterocycles. The molecule has 0 amide bonds. The molecule has 0 unspecified atom stereocenters. The summed E-state index contributed by atoms with van der Waals surface area (Å²) in [7, 11) is 0. The van der Waals surface area contributed by atoms with Crippen molar-refractivity contribution in [2.75, 3.05) is 0 Å². The van der Waals surface area contributed by atoms with Gasteiger partial charge in [0, 0.05) is 0 Å². The summed E-state index contributed by atoms with van der Waals surface area (Å²) in [5, 5.41) is 8.41. The fourth-order valence-corrected chi connectivity index (χ4v) is 2.05. The number of amidine groups is 2. The Bertz CT molecular complexity index is 711. The largest absolute Gasteiger partial charge is 2.00 e. The Labute approximate surface area is 180 Å². The van der Waals surface area contributed by atoms with E-state index in [1.807, 2.05) is 60.7 Å². The summed E-state index contributed by atoms with van der Waals surface area (Å²) in [5.41, 5.74) is 7.46. The number of nitrogens with zero attached hydrogens (tertiary/aromatic N) is 4. The number of hydrogen-bond acceptors (Lipinski definition) is 6. The van der Waals surface area contributed by atoms with Gasteiger partial charge < -0.3 is 25.3 Å². The SMILES string of the molecule is [Cu+2].[S-]C(=NCc1ccccc1)N/N=C/C=N/NC([S-])=NCc1ccccc1. The molecule has 0 heterocycles. The number of nitrogens with one attached hydrogen (secondary N) is 2. The van der Waals surface area contributed by atoms with Gasteiger partial charge in [0.1, 0.15) is 0 Å². The maximum atomic E-state index is 5.07. The number of benzene rings is 2. The van der Waals surface area contributed by atoms with Gasteiger partial charge in [0.2, 0.25) is 0 Å². The minimum absolute atomic E-state index is 0. The van der Waals surface area contributed by atoms with E-state index in [9.17, 15) is 0 Å². The molecular formula is C18H18CuN6S2. The van der Waals surface area contributed by atoms with Gasteiger partial charge in [0.15, 0.2) is 0 Å². The molecule has 0 aliphatic rings. The van der Waals surface area contributed by atoms with Crippen LogP contribution in [-0.4, -0.2) is 22.8 Å². The zero-order valence-electron chi connectivity index (χ0n) is 14.2. The third-order valence-electron chi connectivity index (χ3n) is 3.03. The van der Waals surface area contributed by atoms with E-state index in [4.69, 9.17) is 25.3 Å². The molecule has 0 saturated heterocycles. The zero-order valence-corrected chi connectivity index (χ0v) is 16.8. The van der Waals surface area contributed by atoms with Crippen LogP contribution in [0.1, 0.15) is 11.1 Å². The third kappa shape index (κ3) is 10.4. The zero-order chi connectivity index (χ0) is 18.5. The average molecular weight is 446 g/mol. The molecule has 0 aliphatic carbocycles. The molecule has 27 heavy (non-hydrogen) atoms. The Kier molecular flexibility index (Phi) is 11.6. The van der Waals surface area contributed by atoms with Crippen LogP contribution in [0.25, 0.3) is 0 Å². The first-order valence-corrected chi connectivity index (χ1v) is 8.63. The Morgan fingerprint density at radius 2 is 1.07 bits per heavy atom. The maximum absolute atomic E-state index is 5.07. The molecule has 6 nitrogen and oxygen atoms in total. The van der Waals surface area contributed by atoms with Crippen LogP contribution < -0.4 is 10.9 Å². The Hall–Kier alpha value is -2.32.